The Morgan fingerprint density at radius 3 is 2.36 bits per heavy atom. The Balaban J connectivity index is 1.66. The summed E-state index contributed by atoms with van der Waals surface area (Å²) in [7, 11) is 0. The Hall–Kier alpha value is -1.98. The third-order valence-electron chi connectivity index (χ3n) is 5.27. The first kappa shape index (κ1) is 22.3. The molecule has 0 aromatic heterocycles. The van der Waals surface area contributed by atoms with Gasteiger partial charge in [-0.05, 0) is 37.5 Å². The van der Waals surface area contributed by atoms with Crippen molar-refractivity contribution in [3.8, 4) is 0 Å². The van der Waals surface area contributed by atoms with Crippen LogP contribution in [0, 0.1) is 17.6 Å². The molecule has 0 radical (unpaired) electrons. The van der Waals surface area contributed by atoms with Gasteiger partial charge in [-0.15, -0.1) is 0 Å². The number of rotatable bonds is 10. The number of amides is 1. The van der Waals surface area contributed by atoms with Crippen LogP contribution in [-0.2, 0) is 9.53 Å². The first-order chi connectivity index (χ1) is 13.5. The van der Waals surface area contributed by atoms with Crippen LogP contribution in [0.25, 0.3) is 0 Å². The van der Waals surface area contributed by atoms with E-state index in [0.717, 1.165) is 31.0 Å². The van der Waals surface area contributed by atoms with E-state index >= 15 is 0 Å². The molecule has 1 aliphatic rings. The van der Waals surface area contributed by atoms with Gasteiger partial charge in [0.05, 0.1) is 18.1 Å². The van der Waals surface area contributed by atoms with E-state index in [9.17, 15) is 18.4 Å². The van der Waals surface area contributed by atoms with Crippen LogP contribution in [0.1, 0.15) is 75.1 Å². The second-order valence-corrected chi connectivity index (χ2v) is 7.48. The van der Waals surface area contributed by atoms with E-state index < -0.39 is 17.5 Å². The third kappa shape index (κ3) is 6.88. The molecule has 0 atom stereocenters. The van der Waals surface area contributed by atoms with Gasteiger partial charge >= 0.3 is 5.97 Å². The molecule has 1 fully saturated rings. The molecule has 0 unspecified atom stereocenters. The second-order valence-electron chi connectivity index (χ2n) is 7.48. The molecule has 0 spiro atoms. The minimum atomic E-state index is -0.734. The number of nitrogens with zero attached hydrogens (tertiary/aromatic N) is 1. The van der Waals surface area contributed by atoms with Crippen LogP contribution < -0.4 is 0 Å². The van der Waals surface area contributed by atoms with Gasteiger partial charge in [0.15, 0.2) is 0 Å². The van der Waals surface area contributed by atoms with Crippen LogP contribution in [0.15, 0.2) is 18.2 Å². The lowest BCUT2D eigenvalue weighted by Gasteiger charge is -2.31. The van der Waals surface area contributed by atoms with Gasteiger partial charge in [0.2, 0.25) is 0 Å². The fourth-order valence-electron chi connectivity index (χ4n) is 3.50. The summed E-state index contributed by atoms with van der Waals surface area (Å²) in [4.78, 5) is 26.0. The van der Waals surface area contributed by atoms with Gasteiger partial charge in [0, 0.05) is 13.1 Å². The molecule has 28 heavy (non-hydrogen) atoms. The molecular formula is C22H31F2NO3. The molecule has 0 N–H and O–H groups in total. The molecular weight excluding hydrogens is 364 g/mol. The highest BCUT2D eigenvalue weighted by Crippen LogP contribution is 2.22. The van der Waals surface area contributed by atoms with Crippen LogP contribution in [-0.4, -0.2) is 36.5 Å². The van der Waals surface area contributed by atoms with E-state index in [1.165, 1.54) is 37.0 Å². The Bertz CT molecular complexity index is 643. The Labute approximate surface area is 166 Å². The van der Waals surface area contributed by atoms with Crippen LogP contribution in [0.5, 0.6) is 0 Å². The predicted molar refractivity (Wildman–Crippen MR) is 104 cm³/mol. The monoisotopic (exact) mass is 395 g/mol. The highest BCUT2D eigenvalue weighted by Gasteiger charge is 2.29. The first-order valence-electron chi connectivity index (χ1n) is 10.4. The highest BCUT2D eigenvalue weighted by atomic mass is 19.1. The zero-order chi connectivity index (χ0) is 20.4. The van der Waals surface area contributed by atoms with Crippen LogP contribution in [0.3, 0.4) is 0 Å². The van der Waals surface area contributed by atoms with Crippen LogP contribution in [0.4, 0.5) is 8.78 Å². The van der Waals surface area contributed by atoms with Crippen molar-refractivity contribution in [3.05, 3.63) is 35.4 Å². The number of halogens is 2. The fraction of sp³-hybridized carbons (Fsp3) is 0.636. The van der Waals surface area contributed by atoms with Crippen molar-refractivity contribution in [2.24, 2.45) is 5.92 Å². The third-order valence-corrected chi connectivity index (χ3v) is 5.27. The summed E-state index contributed by atoms with van der Waals surface area (Å²) in [5.74, 6) is -2.36. The highest BCUT2D eigenvalue weighted by molar-refractivity contribution is 5.94. The van der Waals surface area contributed by atoms with E-state index in [0.29, 0.717) is 32.5 Å². The molecule has 2 rings (SSSR count). The lowest BCUT2D eigenvalue weighted by molar-refractivity contribution is -0.150. The van der Waals surface area contributed by atoms with Gasteiger partial charge in [-0.25, -0.2) is 8.78 Å². The number of hydrogen-bond acceptors (Lipinski definition) is 3. The Kier molecular flexibility index (Phi) is 9.38. The van der Waals surface area contributed by atoms with E-state index in [-0.39, 0.29) is 17.5 Å². The van der Waals surface area contributed by atoms with Crippen molar-refractivity contribution in [2.75, 3.05) is 19.7 Å². The number of carbonyl (C=O) groups is 2. The number of esters is 1. The van der Waals surface area contributed by atoms with Crippen molar-refractivity contribution in [3.63, 3.8) is 0 Å². The maximum atomic E-state index is 13.8. The molecule has 4 nitrogen and oxygen atoms in total. The topological polar surface area (TPSA) is 46.6 Å². The molecule has 0 aliphatic carbocycles. The van der Waals surface area contributed by atoms with E-state index in [4.69, 9.17) is 4.74 Å². The molecule has 1 aromatic rings. The average molecular weight is 395 g/mol. The maximum absolute atomic E-state index is 13.8. The van der Waals surface area contributed by atoms with E-state index in [1.54, 1.807) is 0 Å². The predicted octanol–water partition coefficient (Wildman–Crippen LogP) is 5.11. The summed E-state index contributed by atoms with van der Waals surface area (Å²) in [6.07, 6.45) is 9.12. The van der Waals surface area contributed by atoms with Crippen molar-refractivity contribution in [1.82, 2.24) is 4.90 Å². The number of benzene rings is 1. The summed E-state index contributed by atoms with van der Waals surface area (Å²) >= 11 is 0. The minimum absolute atomic E-state index is 0.213. The quantitative estimate of drug-likeness (QED) is 0.408. The number of ether oxygens (including phenoxy) is 1. The molecule has 0 bridgehead atoms. The second kappa shape index (κ2) is 11.8. The van der Waals surface area contributed by atoms with E-state index in [2.05, 4.69) is 6.92 Å². The lowest BCUT2D eigenvalue weighted by atomic mass is 9.96. The number of hydrogen-bond donors (Lipinski definition) is 0. The molecule has 1 amide bonds. The summed E-state index contributed by atoms with van der Waals surface area (Å²) in [6.45, 7) is 3.32. The smallest absolute Gasteiger partial charge is 0.309 e. The maximum Gasteiger partial charge on any atom is 0.309 e. The molecule has 1 heterocycles. The lowest BCUT2D eigenvalue weighted by Crippen LogP contribution is -2.41. The minimum Gasteiger partial charge on any atom is -0.465 e. The Morgan fingerprint density at radius 1 is 1.04 bits per heavy atom. The SMILES string of the molecule is CCCCCCCCCOC(=O)C1CCN(C(=O)c2cc(F)ccc2F)CC1. The summed E-state index contributed by atoms with van der Waals surface area (Å²) in [5.41, 5.74) is -0.264. The zero-order valence-corrected chi connectivity index (χ0v) is 16.7. The number of piperidine rings is 1. The van der Waals surface area contributed by atoms with Crippen molar-refractivity contribution in [2.45, 2.75) is 64.7 Å². The fourth-order valence-corrected chi connectivity index (χ4v) is 3.50. The molecule has 6 heteroatoms. The molecule has 1 aromatic carbocycles. The van der Waals surface area contributed by atoms with Gasteiger partial charge in [-0.3, -0.25) is 9.59 Å². The molecule has 0 saturated carbocycles. The normalized spacial score (nSPS) is 14.9. The average Bonchev–Trinajstić information content (AvgIpc) is 2.71. The van der Waals surface area contributed by atoms with Crippen molar-refractivity contribution in [1.29, 1.82) is 0 Å². The number of carbonyl (C=O) groups excluding carboxylic acids is 2. The summed E-state index contributed by atoms with van der Waals surface area (Å²) in [6, 6.07) is 2.86. The Morgan fingerprint density at radius 2 is 1.68 bits per heavy atom. The standard InChI is InChI=1S/C22H31F2NO3/c1-2-3-4-5-6-7-8-15-28-22(27)17-11-13-25(14-12-17)21(26)19-16-18(23)9-10-20(19)24/h9-10,16-17H,2-8,11-15H2,1H3. The van der Waals surface area contributed by atoms with Gasteiger partial charge in [-0.1, -0.05) is 45.4 Å². The molecule has 1 aliphatic heterocycles. The van der Waals surface area contributed by atoms with Crippen molar-refractivity contribution >= 4 is 11.9 Å². The van der Waals surface area contributed by atoms with Crippen LogP contribution >= 0.6 is 0 Å². The molecule has 156 valence electrons. The summed E-state index contributed by atoms with van der Waals surface area (Å²) in [5, 5.41) is 0. The van der Waals surface area contributed by atoms with E-state index in [1.807, 2.05) is 0 Å². The largest absolute Gasteiger partial charge is 0.465 e. The summed E-state index contributed by atoms with van der Waals surface area (Å²) < 4.78 is 32.4. The number of likely N-dealkylation sites (tertiary alicyclic amines) is 1. The van der Waals surface area contributed by atoms with Gasteiger partial charge < -0.3 is 9.64 Å². The van der Waals surface area contributed by atoms with Gasteiger partial charge in [0.1, 0.15) is 11.6 Å². The first-order valence-corrected chi connectivity index (χ1v) is 10.4. The van der Waals surface area contributed by atoms with Crippen LogP contribution in [0.2, 0.25) is 0 Å². The zero-order valence-electron chi connectivity index (χ0n) is 16.7. The van der Waals surface area contributed by atoms with Crippen molar-refractivity contribution < 1.29 is 23.1 Å². The van der Waals surface area contributed by atoms with Gasteiger partial charge in [-0.2, -0.15) is 0 Å². The van der Waals surface area contributed by atoms with Gasteiger partial charge in [0.25, 0.3) is 5.91 Å². The molecule has 1 saturated heterocycles. The number of unbranched alkanes of at least 4 members (excludes halogenated alkanes) is 6.